The van der Waals surface area contributed by atoms with E-state index in [2.05, 4.69) is 0 Å². The van der Waals surface area contributed by atoms with Crippen LogP contribution in [0, 0.1) is 39.0 Å². The number of hydrogen-bond donors (Lipinski definition) is 0. The molecule has 0 aliphatic carbocycles. The van der Waals surface area contributed by atoms with Crippen LogP contribution < -0.4 is 4.18 Å². The van der Waals surface area contributed by atoms with E-state index in [0.29, 0.717) is 16.9 Å². The van der Waals surface area contributed by atoms with Crippen LogP contribution in [-0.2, 0) is 10.1 Å². The number of benzene rings is 2. The molecule has 2 aromatic carbocycles. The molecule has 0 aliphatic rings. The van der Waals surface area contributed by atoms with Crippen molar-refractivity contribution < 1.29 is 12.6 Å². The molecule has 22 heavy (non-hydrogen) atoms. The summed E-state index contributed by atoms with van der Waals surface area (Å²) < 4.78 is 30.4. The molecule has 2 rings (SSSR count). The van der Waals surface area contributed by atoms with Gasteiger partial charge in [-0.15, -0.1) is 0 Å². The first-order valence-electron chi connectivity index (χ1n) is 6.78. The molecule has 0 saturated heterocycles. The summed E-state index contributed by atoms with van der Waals surface area (Å²) in [6.45, 7) is 7.19. The summed E-state index contributed by atoms with van der Waals surface area (Å²) in [5.41, 5.74) is 3.43. The summed E-state index contributed by atoms with van der Waals surface area (Å²) in [5.74, 6) is 0.365. The van der Waals surface area contributed by atoms with Crippen LogP contribution in [0.3, 0.4) is 0 Å². The molecule has 0 aliphatic heterocycles. The largest absolute Gasteiger partial charge is 0.378 e. The Balaban J connectivity index is 2.50. The second kappa shape index (κ2) is 5.82. The molecule has 5 heteroatoms. The molecule has 0 aromatic heterocycles. The van der Waals surface area contributed by atoms with Gasteiger partial charge in [0.05, 0.1) is 11.6 Å². The third kappa shape index (κ3) is 2.97. The monoisotopic (exact) mass is 315 g/mol. The van der Waals surface area contributed by atoms with Crippen LogP contribution in [0.4, 0.5) is 0 Å². The van der Waals surface area contributed by atoms with E-state index in [9.17, 15) is 8.42 Å². The van der Waals surface area contributed by atoms with Crippen molar-refractivity contribution in [2.75, 3.05) is 0 Å². The summed E-state index contributed by atoms with van der Waals surface area (Å²) in [7, 11) is -3.94. The van der Waals surface area contributed by atoms with Crippen molar-refractivity contribution >= 4 is 10.1 Å². The highest BCUT2D eigenvalue weighted by Crippen LogP contribution is 2.29. The van der Waals surface area contributed by atoms with Gasteiger partial charge in [-0.3, -0.25) is 0 Å². The quantitative estimate of drug-likeness (QED) is 0.812. The average Bonchev–Trinajstić information content (AvgIpc) is 2.47. The van der Waals surface area contributed by atoms with Crippen LogP contribution in [0.2, 0.25) is 0 Å². The highest BCUT2D eigenvalue weighted by atomic mass is 32.2. The maximum Gasteiger partial charge on any atom is 0.339 e. The number of nitriles is 1. The van der Waals surface area contributed by atoms with Gasteiger partial charge in [-0.05, 0) is 68.1 Å². The van der Waals surface area contributed by atoms with Gasteiger partial charge in [-0.2, -0.15) is 13.7 Å². The van der Waals surface area contributed by atoms with Crippen LogP contribution in [0.5, 0.6) is 5.75 Å². The van der Waals surface area contributed by atoms with Crippen LogP contribution in [0.1, 0.15) is 27.8 Å². The maximum atomic E-state index is 12.5. The zero-order valence-corrected chi connectivity index (χ0v) is 13.8. The molecular weight excluding hydrogens is 298 g/mol. The number of nitrogens with zero attached hydrogens (tertiary/aromatic N) is 1. The average molecular weight is 315 g/mol. The van der Waals surface area contributed by atoms with Crippen molar-refractivity contribution in [2.24, 2.45) is 0 Å². The summed E-state index contributed by atoms with van der Waals surface area (Å²) in [5, 5.41) is 8.86. The first-order chi connectivity index (χ1) is 10.3. The van der Waals surface area contributed by atoms with E-state index >= 15 is 0 Å². The molecule has 114 valence electrons. The molecule has 0 spiro atoms. The first-order valence-corrected chi connectivity index (χ1v) is 8.19. The van der Waals surface area contributed by atoms with E-state index in [0.717, 1.165) is 16.7 Å². The number of hydrogen-bond acceptors (Lipinski definition) is 4. The van der Waals surface area contributed by atoms with Crippen molar-refractivity contribution in [3.05, 3.63) is 58.1 Å². The summed E-state index contributed by atoms with van der Waals surface area (Å²) in [4.78, 5) is 0.0757. The summed E-state index contributed by atoms with van der Waals surface area (Å²) >= 11 is 0. The third-order valence-electron chi connectivity index (χ3n) is 3.64. The lowest BCUT2D eigenvalue weighted by molar-refractivity contribution is 0.481. The first kappa shape index (κ1) is 16.1. The van der Waals surface area contributed by atoms with Gasteiger partial charge in [-0.25, -0.2) is 0 Å². The normalized spacial score (nSPS) is 11.0. The Morgan fingerprint density at radius 1 is 0.955 bits per heavy atom. The zero-order valence-electron chi connectivity index (χ0n) is 13.0. The Morgan fingerprint density at radius 2 is 1.59 bits per heavy atom. The van der Waals surface area contributed by atoms with E-state index in [1.54, 1.807) is 6.92 Å². The van der Waals surface area contributed by atoms with E-state index in [1.165, 1.54) is 18.2 Å². The molecule has 0 unspecified atom stereocenters. The second-order valence-corrected chi connectivity index (χ2v) is 6.80. The molecule has 0 atom stereocenters. The van der Waals surface area contributed by atoms with Crippen molar-refractivity contribution in [1.82, 2.24) is 0 Å². The van der Waals surface area contributed by atoms with Crippen LogP contribution >= 0.6 is 0 Å². The Bertz CT molecular complexity index is 878. The fraction of sp³-hybridized carbons (Fsp3) is 0.235. The zero-order chi connectivity index (χ0) is 16.5. The Labute approximate surface area is 131 Å². The van der Waals surface area contributed by atoms with E-state index in [4.69, 9.17) is 9.44 Å². The van der Waals surface area contributed by atoms with Gasteiger partial charge in [0.15, 0.2) is 0 Å². The molecule has 0 bridgehead atoms. The maximum absolute atomic E-state index is 12.5. The SMILES string of the molecule is Cc1cc(C#N)ccc1S(=O)(=O)Oc1c(C)ccc(C)c1C. The standard InChI is InChI=1S/C17H17NO3S/c1-11-5-6-12(2)17(14(11)4)21-22(19,20)16-8-7-15(10-18)9-13(16)3/h5-9H,1-4H3. The van der Waals surface area contributed by atoms with Gasteiger partial charge in [0, 0.05) is 0 Å². The van der Waals surface area contributed by atoms with E-state index < -0.39 is 10.1 Å². The lowest BCUT2D eigenvalue weighted by Gasteiger charge is -2.14. The predicted molar refractivity (Wildman–Crippen MR) is 84.4 cm³/mol. The fourth-order valence-electron chi connectivity index (χ4n) is 2.21. The molecular formula is C17H17NO3S. The molecule has 0 N–H and O–H groups in total. The molecule has 0 heterocycles. The highest BCUT2D eigenvalue weighted by molar-refractivity contribution is 7.87. The predicted octanol–water partition coefficient (Wildman–Crippen LogP) is 3.56. The number of rotatable bonds is 3. The molecule has 0 radical (unpaired) electrons. The van der Waals surface area contributed by atoms with Crippen molar-refractivity contribution in [3.63, 3.8) is 0 Å². The second-order valence-electron chi connectivity index (χ2n) is 5.28. The molecule has 4 nitrogen and oxygen atoms in total. The fourth-order valence-corrected chi connectivity index (χ4v) is 3.46. The number of aryl methyl sites for hydroxylation is 3. The van der Waals surface area contributed by atoms with Gasteiger partial charge >= 0.3 is 10.1 Å². The smallest absolute Gasteiger partial charge is 0.339 e. The molecule has 0 amide bonds. The summed E-state index contributed by atoms with van der Waals surface area (Å²) in [6, 6.07) is 10.2. The Hall–Kier alpha value is -2.32. The topological polar surface area (TPSA) is 67.2 Å². The van der Waals surface area contributed by atoms with E-state index in [1.807, 2.05) is 39.0 Å². The Kier molecular flexibility index (Phi) is 4.25. The minimum atomic E-state index is -3.94. The van der Waals surface area contributed by atoms with Crippen molar-refractivity contribution in [3.8, 4) is 11.8 Å². The molecule has 0 saturated carbocycles. The third-order valence-corrected chi connectivity index (χ3v) is 5.02. The Morgan fingerprint density at radius 3 is 2.18 bits per heavy atom. The van der Waals surface area contributed by atoms with Crippen LogP contribution in [-0.4, -0.2) is 8.42 Å². The van der Waals surface area contributed by atoms with Gasteiger partial charge in [0.1, 0.15) is 10.6 Å². The van der Waals surface area contributed by atoms with E-state index in [-0.39, 0.29) is 4.90 Å². The molecule has 2 aromatic rings. The van der Waals surface area contributed by atoms with Gasteiger partial charge in [-0.1, -0.05) is 12.1 Å². The molecule has 0 fully saturated rings. The van der Waals surface area contributed by atoms with Crippen LogP contribution in [0.15, 0.2) is 35.2 Å². The highest BCUT2D eigenvalue weighted by Gasteiger charge is 2.22. The van der Waals surface area contributed by atoms with Crippen LogP contribution in [0.25, 0.3) is 0 Å². The van der Waals surface area contributed by atoms with Gasteiger partial charge in [0.2, 0.25) is 0 Å². The van der Waals surface area contributed by atoms with Gasteiger partial charge < -0.3 is 4.18 Å². The van der Waals surface area contributed by atoms with Gasteiger partial charge in [0.25, 0.3) is 0 Å². The lowest BCUT2D eigenvalue weighted by Crippen LogP contribution is -2.13. The minimum Gasteiger partial charge on any atom is -0.378 e. The summed E-state index contributed by atoms with van der Waals surface area (Å²) in [6.07, 6.45) is 0. The lowest BCUT2D eigenvalue weighted by atomic mass is 10.1. The van der Waals surface area contributed by atoms with Crippen molar-refractivity contribution in [2.45, 2.75) is 32.6 Å². The van der Waals surface area contributed by atoms with Crippen molar-refractivity contribution in [1.29, 1.82) is 5.26 Å². The minimum absolute atomic E-state index is 0.0757.